The third kappa shape index (κ3) is 2.35. The second-order valence-corrected chi connectivity index (χ2v) is 6.16. The topological polar surface area (TPSA) is 26.3 Å². The summed E-state index contributed by atoms with van der Waals surface area (Å²) in [4.78, 5) is 11.2. The van der Waals surface area contributed by atoms with Crippen LogP contribution in [0.15, 0.2) is 48.5 Å². The van der Waals surface area contributed by atoms with Crippen LogP contribution in [0.2, 0.25) is 0 Å². The summed E-state index contributed by atoms with van der Waals surface area (Å²) in [5.74, 6) is -0.217. The van der Waals surface area contributed by atoms with Gasteiger partial charge in [0, 0.05) is 5.41 Å². The Balaban J connectivity index is 1.96. The Morgan fingerprint density at radius 1 is 1.09 bits per heavy atom. The van der Waals surface area contributed by atoms with Crippen LogP contribution >= 0.6 is 0 Å². The van der Waals surface area contributed by atoms with Crippen molar-refractivity contribution in [3.63, 3.8) is 0 Å². The molecule has 0 aliphatic heterocycles. The molecule has 2 aromatic rings. The van der Waals surface area contributed by atoms with Gasteiger partial charge in [0.25, 0.3) is 0 Å². The third-order valence-corrected chi connectivity index (χ3v) is 4.43. The van der Waals surface area contributed by atoms with Gasteiger partial charge >= 0.3 is 5.97 Å². The number of carbonyl (C=O) groups is 1. The summed E-state index contributed by atoms with van der Waals surface area (Å²) in [6, 6.07) is 15.1. The summed E-state index contributed by atoms with van der Waals surface area (Å²) in [7, 11) is 1.41. The van der Waals surface area contributed by atoms with Gasteiger partial charge < -0.3 is 4.74 Å². The number of esters is 1. The molecule has 2 aromatic carbocycles. The van der Waals surface area contributed by atoms with Crippen LogP contribution in [0.1, 0.15) is 37.0 Å². The van der Waals surface area contributed by atoms with Crippen LogP contribution in [-0.2, 0) is 14.9 Å². The summed E-state index contributed by atoms with van der Waals surface area (Å²) >= 11 is 0. The molecule has 3 rings (SSSR count). The van der Waals surface area contributed by atoms with Gasteiger partial charge in [0.2, 0.25) is 0 Å². The number of fused-ring (bicyclic) bond motifs is 3. The highest BCUT2D eigenvalue weighted by Crippen LogP contribution is 2.48. The minimum Gasteiger partial charge on any atom is -0.469 e. The standard InChI is InChI=1S/C20H20O2/c1-20(2)17-9-5-4-8-15(17)16-12-11-14(13-18(16)20)7-6-10-19(21)22-3/h4-9,11-13H,10H2,1-3H3. The Hall–Kier alpha value is -2.35. The number of rotatable bonds is 3. The van der Waals surface area contributed by atoms with E-state index in [4.69, 9.17) is 0 Å². The quantitative estimate of drug-likeness (QED) is 0.775. The summed E-state index contributed by atoms with van der Waals surface area (Å²) in [6.45, 7) is 4.53. The molecule has 0 radical (unpaired) electrons. The summed E-state index contributed by atoms with van der Waals surface area (Å²) in [6.07, 6.45) is 4.14. The minimum absolute atomic E-state index is 0.0120. The molecule has 0 amide bonds. The van der Waals surface area contributed by atoms with Crippen molar-refractivity contribution in [3.8, 4) is 11.1 Å². The molecular formula is C20H20O2. The highest BCUT2D eigenvalue weighted by molar-refractivity contribution is 5.82. The first-order valence-electron chi connectivity index (χ1n) is 7.52. The van der Waals surface area contributed by atoms with Crippen molar-refractivity contribution in [3.05, 3.63) is 65.2 Å². The molecule has 0 fully saturated rings. The van der Waals surface area contributed by atoms with E-state index in [1.807, 2.05) is 12.2 Å². The molecule has 22 heavy (non-hydrogen) atoms. The molecule has 0 aromatic heterocycles. The Kier molecular flexibility index (Phi) is 3.61. The number of methoxy groups -OCH3 is 1. The van der Waals surface area contributed by atoms with E-state index in [1.165, 1.54) is 29.4 Å². The van der Waals surface area contributed by atoms with Crippen molar-refractivity contribution in [2.24, 2.45) is 0 Å². The van der Waals surface area contributed by atoms with Crippen molar-refractivity contribution in [2.45, 2.75) is 25.7 Å². The van der Waals surface area contributed by atoms with Gasteiger partial charge in [-0.05, 0) is 27.8 Å². The second-order valence-electron chi connectivity index (χ2n) is 6.16. The highest BCUT2D eigenvalue weighted by atomic mass is 16.5. The highest BCUT2D eigenvalue weighted by Gasteiger charge is 2.34. The molecule has 0 unspecified atom stereocenters. The molecule has 1 aliphatic rings. The summed E-state index contributed by atoms with van der Waals surface area (Å²) < 4.78 is 4.65. The van der Waals surface area contributed by atoms with E-state index in [-0.39, 0.29) is 11.4 Å². The molecule has 0 atom stereocenters. The number of carbonyl (C=O) groups excluding carboxylic acids is 1. The first-order valence-corrected chi connectivity index (χ1v) is 7.52. The van der Waals surface area contributed by atoms with Gasteiger partial charge in [0.15, 0.2) is 0 Å². The zero-order chi connectivity index (χ0) is 15.7. The molecule has 0 spiro atoms. The lowest BCUT2D eigenvalue weighted by molar-refractivity contribution is -0.139. The van der Waals surface area contributed by atoms with Crippen LogP contribution in [-0.4, -0.2) is 13.1 Å². The lowest BCUT2D eigenvalue weighted by atomic mass is 9.82. The first-order chi connectivity index (χ1) is 10.5. The lowest BCUT2D eigenvalue weighted by Crippen LogP contribution is -2.14. The fraction of sp³-hybridized carbons (Fsp3) is 0.250. The fourth-order valence-electron chi connectivity index (χ4n) is 3.20. The molecule has 0 heterocycles. The molecule has 2 heteroatoms. The van der Waals surface area contributed by atoms with Gasteiger partial charge in [-0.1, -0.05) is 68.5 Å². The van der Waals surface area contributed by atoms with Crippen molar-refractivity contribution in [2.75, 3.05) is 7.11 Å². The largest absolute Gasteiger partial charge is 0.469 e. The van der Waals surface area contributed by atoms with Crippen molar-refractivity contribution < 1.29 is 9.53 Å². The Morgan fingerprint density at radius 2 is 1.82 bits per heavy atom. The predicted molar refractivity (Wildman–Crippen MR) is 89.7 cm³/mol. The Bertz CT molecular complexity index is 754. The lowest BCUT2D eigenvalue weighted by Gasteiger charge is -2.21. The minimum atomic E-state index is -0.217. The molecule has 0 N–H and O–H groups in total. The van der Waals surface area contributed by atoms with E-state index in [1.54, 1.807) is 0 Å². The molecular weight excluding hydrogens is 272 g/mol. The van der Waals surface area contributed by atoms with Crippen LogP contribution in [0.25, 0.3) is 17.2 Å². The zero-order valence-electron chi connectivity index (χ0n) is 13.2. The van der Waals surface area contributed by atoms with Gasteiger partial charge in [-0.3, -0.25) is 4.79 Å². The maximum atomic E-state index is 11.2. The molecule has 112 valence electrons. The Morgan fingerprint density at radius 3 is 2.59 bits per heavy atom. The summed E-state index contributed by atoms with van der Waals surface area (Å²) in [5.41, 5.74) is 6.48. The van der Waals surface area contributed by atoms with Crippen LogP contribution < -0.4 is 0 Å². The molecule has 0 bridgehead atoms. The smallest absolute Gasteiger partial charge is 0.309 e. The van der Waals surface area contributed by atoms with Gasteiger partial charge in [0.1, 0.15) is 0 Å². The SMILES string of the molecule is COC(=O)CC=Cc1ccc2c(c1)C(C)(C)c1ccccc1-2. The van der Waals surface area contributed by atoms with E-state index >= 15 is 0 Å². The van der Waals surface area contributed by atoms with E-state index in [0.29, 0.717) is 6.42 Å². The average molecular weight is 292 g/mol. The summed E-state index contributed by atoms with van der Waals surface area (Å²) in [5, 5.41) is 0. The number of benzene rings is 2. The molecule has 0 saturated carbocycles. The number of hydrogen-bond acceptors (Lipinski definition) is 2. The normalized spacial score (nSPS) is 14.7. The first kappa shape index (κ1) is 14.6. The molecule has 1 aliphatic carbocycles. The van der Waals surface area contributed by atoms with Gasteiger partial charge in [-0.15, -0.1) is 0 Å². The van der Waals surface area contributed by atoms with Crippen LogP contribution in [0.5, 0.6) is 0 Å². The van der Waals surface area contributed by atoms with Gasteiger partial charge in [0.05, 0.1) is 13.5 Å². The van der Waals surface area contributed by atoms with E-state index < -0.39 is 0 Å². The van der Waals surface area contributed by atoms with Crippen molar-refractivity contribution in [1.82, 2.24) is 0 Å². The average Bonchev–Trinajstić information content (AvgIpc) is 2.76. The van der Waals surface area contributed by atoms with Crippen molar-refractivity contribution in [1.29, 1.82) is 0 Å². The third-order valence-electron chi connectivity index (χ3n) is 4.43. The van der Waals surface area contributed by atoms with Crippen LogP contribution in [0.4, 0.5) is 0 Å². The fourth-order valence-corrected chi connectivity index (χ4v) is 3.20. The number of hydrogen-bond donors (Lipinski definition) is 0. The van der Waals surface area contributed by atoms with E-state index in [2.05, 4.69) is 61.0 Å². The maximum Gasteiger partial charge on any atom is 0.309 e. The van der Waals surface area contributed by atoms with Gasteiger partial charge in [-0.25, -0.2) is 0 Å². The van der Waals surface area contributed by atoms with Gasteiger partial charge in [-0.2, -0.15) is 0 Å². The van der Waals surface area contributed by atoms with E-state index in [9.17, 15) is 4.79 Å². The number of ether oxygens (including phenoxy) is 1. The van der Waals surface area contributed by atoms with Crippen LogP contribution in [0.3, 0.4) is 0 Å². The second kappa shape index (κ2) is 5.45. The zero-order valence-corrected chi connectivity index (χ0v) is 13.2. The molecule has 0 saturated heterocycles. The maximum absolute atomic E-state index is 11.2. The monoisotopic (exact) mass is 292 g/mol. The van der Waals surface area contributed by atoms with E-state index in [0.717, 1.165) is 5.56 Å². The van der Waals surface area contributed by atoms with Crippen LogP contribution in [0, 0.1) is 0 Å². The van der Waals surface area contributed by atoms with Crippen molar-refractivity contribution >= 4 is 12.0 Å². The molecule has 2 nitrogen and oxygen atoms in total. The predicted octanol–water partition coefficient (Wildman–Crippen LogP) is 4.57. The Labute approximate surface area is 131 Å².